The van der Waals surface area contributed by atoms with E-state index in [2.05, 4.69) is 4.98 Å². The largest absolute Gasteiger partial charge is 0.396 e. The van der Waals surface area contributed by atoms with E-state index in [-0.39, 0.29) is 11.8 Å². The molecule has 16 heavy (non-hydrogen) atoms. The van der Waals surface area contributed by atoms with Gasteiger partial charge in [0.2, 0.25) is 5.91 Å². The Morgan fingerprint density at radius 1 is 1.62 bits per heavy atom. The molecule has 2 rings (SSSR count). The van der Waals surface area contributed by atoms with Gasteiger partial charge in [-0.3, -0.25) is 4.79 Å². The molecule has 0 aromatic carbocycles. The number of carbonyl (C=O) groups is 1. The van der Waals surface area contributed by atoms with E-state index in [4.69, 9.17) is 23.1 Å². The lowest BCUT2D eigenvalue weighted by molar-refractivity contribution is -0.121. The Balaban J connectivity index is 2.17. The molecule has 1 atom stereocenters. The van der Waals surface area contributed by atoms with E-state index >= 15 is 0 Å². The van der Waals surface area contributed by atoms with E-state index in [1.54, 1.807) is 12.3 Å². The molecule has 2 heterocycles. The summed E-state index contributed by atoms with van der Waals surface area (Å²) >= 11 is 5.77. The van der Waals surface area contributed by atoms with Crippen LogP contribution < -0.4 is 16.4 Å². The third-order valence-corrected chi connectivity index (χ3v) is 2.96. The second kappa shape index (κ2) is 4.17. The van der Waals surface area contributed by atoms with Crippen LogP contribution in [0.3, 0.4) is 0 Å². The summed E-state index contributed by atoms with van der Waals surface area (Å²) in [5.74, 6) is 0.292. The molecule has 6 heteroatoms. The second-order valence-corrected chi connectivity index (χ2v) is 4.34. The maximum absolute atomic E-state index is 11.0. The third kappa shape index (κ3) is 2.04. The van der Waals surface area contributed by atoms with Crippen molar-refractivity contribution < 1.29 is 4.79 Å². The predicted octanol–water partition coefficient (Wildman–Crippen LogP) is 0.629. The Hall–Kier alpha value is -1.49. The van der Waals surface area contributed by atoms with Gasteiger partial charge in [0.15, 0.2) is 5.82 Å². The molecule has 1 aliphatic heterocycles. The maximum atomic E-state index is 11.0. The third-order valence-electron chi connectivity index (χ3n) is 2.75. The molecule has 1 amide bonds. The van der Waals surface area contributed by atoms with E-state index in [9.17, 15) is 4.79 Å². The topological polar surface area (TPSA) is 85.2 Å². The molecule has 1 unspecified atom stereocenters. The van der Waals surface area contributed by atoms with Crippen LogP contribution in [-0.2, 0) is 4.79 Å². The van der Waals surface area contributed by atoms with Crippen LogP contribution in [-0.4, -0.2) is 24.0 Å². The number of nitrogens with two attached hydrogens (primary N) is 2. The van der Waals surface area contributed by atoms with Gasteiger partial charge in [-0.15, -0.1) is 0 Å². The van der Waals surface area contributed by atoms with Gasteiger partial charge in [-0.2, -0.15) is 0 Å². The van der Waals surface area contributed by atoms with Crippen molar-refractivity contribution in [2.75, 3.05) is 23.7 Å². The van der Waals surface area contributed by atoms with Gasteiger partial charge in [0.1, 0.15) is 0 Å². The summed E-state index contributed by atoms with van der Waals surface area (Å²) in [6.07, 6.45) is 2.30. The van der Waals surface area contributed by atoms with E-state index in [0.29, 0.717) is 23.1 Å². The first-order valence-corrected chi connectivity index (χ1v) is 5.41. The number of pyridine rings is 1. The fourth-order valence-electron chi connectivity index (χ4n) is 1.90. The second-order valence-electron chi connectivity index (χ2n) is 3.90. The van der Waals surface area contributed by atoms with Gasteiger partial charge in [0.05, 0.1) is 16.6 Å². The Bertz CT molecular complexity index is 423. The highest BCUT2D eigenvalue weighted by Gasteiger charge is 2.28. The Morgan fingerprint density at radius 2 is 2.38 bits per heavy atom. The first-order chi connectivity index (χ1) is 7.58. The van der Waals surface area contributed by atoms with E-state index in [0.717, 1.165) is 13.0 Å². The lowest BCUT2D eigenvalue weighted by Gasteiger charge is -2.18. The molecular formula is C10H13ClN4O. The summed E-state index contributed by atoms with van der Waals surface area (Å²) in [5.41, 5.74) is 11.6. The molecule has 1 aliphatic rings. The highest BCUT2D eigenvalue weighted by atomic mass is 35.5. The van der Waals surface area contributed by atoms with Gasteiger partial charge in [-0.25, -0.2) is 4.98 Å². The van der Waals surface area contributed by atoms with Crippen molar-refractivity contribution >= 4 is 29.0 Å². The van der Waals surface area contributed by atoms with Gasteiger partial charge < -0.3 is 16.4 Å². The van der Waals surface area contributed by atoms with Crippen molar-refractivity contribution in [2.45, 2.75) is 6.42 Å². The first kappa shape index (κ1) is 11.0. The molecule has 5 nitrogen and oxygen atoms in total. The van der Waals surface area contributed by atoms with Crippen LogP contribution in [0, 0.1) is 5.92 Å². The number of anilines is 2. The fourth-order valence-corrected chi connectivity index (χ4v) is 2.06. The van der Waals surface area contributed by atoms with Crippen LogP contribution in [0.5, 0.6) is 0 Å². The number of nitrogen functional groups attached to an aromatic ring is 1. The molecule has 0 bridgehead atoms. The van der Waals surface area contributed by atoms with Crippen LogP contribution in [0.2, 0.25) is 5.02 Å². The predicted molar refractivity (Wildman–Crippen MR) is 63.2 cm³/mol. The van der Waals surface area contributed by atoms with Gasteiger partial charge >= 0.3 is 0 Å². The lowest BCUT2D eigenvalue weighted by Crippen LogP contribution is -2.28. The number of rotatable bonds is 2. The monoisotopic (exact) mass is 240 g/mol. The number of primary amides is 1. The number of halogens is 1. The molecule has 0 saturated carbocycles. The molecule has 1 aromatic heterocycles. The molecule has 1 aromatic rings. The quantitative estimate of drug-likeness (QED) is 0.794. The van der Waals surface area contributed by atoms with Crippen LogP contribution in [0.25, 0.3) is 0 Å². The summed E-state index contributed by atoms with van der Waals surface area (Å²) < 4.78 is 0. The van der Waals surface area contributed by atoms with Crippen LogP contribution in [0.1, 0.15) is 6.42 Å². The van der Waals surface area contributed by atoms with Crippen molar-refractivity contribution in [3.05, 3.63) is 17.3 Å². The van der Waals surface area contributed by atoms with Gasteiger partial charge in [0, 0.05) is 19.3 Å². The summed E-state index contributed by atoms with van der Waals surface area (Å²) in [4.78, 5) is 17.2. The highest BCUT2D eigenvalue weighted by Crippen LogP contribution is 2.28. The standard InChI is InChI=1S/C10H13ClN4O/c11-7-3-8(12)10(14-4-7)15-2-1-6(5-15)9(13)16/h3-4,6H,1-2,5,12H2,(H2,13,16). The van der Waals surface area contributed by atoms with Crippen LogP contribution in [0.15, 0.2) is 12.3 Å². The summed E-state index contributed by atoms with van der Waals surface area (Å²) in [6.45, 7) is 1.32. The average Bonchev–Trinajstić information content (AvgIpc) is 2.66. The maximum Gasteiger partial charge on any atom is 0.222 e. The molecule has 86 valence electrons. The summed E-state index contributed by atoms with van der Waals surface area (Å²) in [7, 11) is 0. The number of carbonyl (C=O) groups excluding carboxylic acids is 1. The van der Waals surface area contributed by atoms with Crippen molar-refractivity contribution in [2.24, 2.45) is 11.7 Å². The first-order valence-electron chi connectivity index (χ1n) is 5.03. The van der Waals surface area contributed by atoms with Crippen molar-refractivity contribution in [1.29, 1.82) is 0 Å². The highest BCUT2D eigenvalue weighted by molar-refractivity contribution is 6.30. The van der Waals surface area contributed by atoms with E-state index < -0.39 is 0 Å². The minimum atomic E-state index is -0.268. The lowest BCUT2D eigenvalue weighted by atomic mass is 10.1. The number of nitrogens with zero attached hydrogens (tertiary/aromatic N) is 2. The van der Waals surface area contributed by atoms with Gasteiger partial charge in [-0.05, 0) is 12.5 Å². The molecular weight excluding hydrogens is 228 g/mol. The van der Waals surface area contributed by atoms with Gasteiger partial charge in [0.25, 0.3) is 0 Å². The Kier molecular flexibility index (Phi) is 2.87. The number of aromatic nitrogens is 1. The van der Waals surface area contributed by atoms with E-state index in [1.807, 2.05) is 4.90 Å². The molecule has 0 aliphatic carbocycles. The summed E-state index contributed by atoms with van der Waals surface area (Å²) in [6, 6.07) is 1.65. The number of hydrogen-bond donors (Lipinski definition) is 2. The SMILES string of the molecule is NC(=O)C1CCN(c2ncc(Cl)cc2N)C1. The zero-order chi connectivity index (χ0) is 11.7. The molecule has 0 radical (unpaired) electrons. The van der Waals surface area contributed by atoms with Crippen molar-refractivity contribution in [3.8, 4) is 0 Å². The smallest absolute Gasteiger partial charge is 0.222 e. The van der Waals surface area contributed by atoms with Crippen LogP contribution in [0.4, 0.5) is 11.5 Å². The zero-order valence-electron chi connectivity index (χ0n) is 8.69. The van der Waals surface area contributed by atoms with Crippen molar-refractivity contribution in [3.63, 3.8) is 0 Å². The van der Waals surface area contributed by atoms with Crippen molar-refractivity contribution in [1.82, 2.24) is 4.98 Å². The Labute approximate surface area is 98.4 Å². The van der Waals surface area contributed by atoms with E-state index in [1.165, 1.54) is 0 Å². The van der Waals surface area contributed by atoms with Gasteiger partial charge in [-0.1, -0.05) is 11.6 Å². The fraction of sp³-hybridized carbons (Fsp3) is 0.400. The average molecular weight is 241 g/mol. The Morgan fingerprint density at radius 3 is 2.94 bits per heavy atom. The molecule has 1 saturated heterocycles. The number of amides is 1. The summed E-state index contributed by atoms with van der Waals surface area (Å²) in [5, 5.41) is 0.506. The van der Waals surface area contributed by atoms with Crippen LogP contribution >= 0.6 is 11.6 Å². The molecule has 0 spiro atoms. The zero-order valence-corrected chi connectivity index (χ0v) is 9.44. The normalized spacial score (nSPS) is 20.1. The minimum absolute atomic E-state index is 0.114. The molecule has 1 fully saturated rings. The minimum Gasteiger partial charge on any atom is -0.396 e. The number of hydrogen-bond acceptors (Lipinski definition) is 4. The molecule has 4 N–H and O–H groups in total.